The Kier molecular flexibility index (Phi) is 10.3. The molecule has 0 saturated heterocycles. The van der Waals surface area contributed by atoms with Gasteiger partial charge in [-0.3, -0.25) is 4.57 Å². The first-order valence-electron chi connectivity index (χ1n) is 10.8. The van der Waals surface area contributed by atoms with Crippen molar-refractivity contribution in [3.05, 3.63) is 71.8 Å². The molecule has 2 aromatic rings. The van der Waals surface area contributed by atoms with Crippen LogP contribution < -0.4 is 5.32 Å². The third-order valence-electron chi connectivity index (χ3n) is 5.01. The van der Waals surface area contributed by atoms with Gasteiger partial charge in [-0.25, -0.2) is 4.79 Å². The molecule has 31 heavy (non-hydrogen) atoms. The highest BCUT2D eigenvalue weighted by molar-refractivity contribution is 7.55. The van der Waals surface area contributed by atoms with E-state index in [-0.39, 0.29) is 19.8 Å². The van der Waals surface area contributed by atoms with Gasteiger partial charge in [0.05, 0.1) is 13.2 Å². The van der Waals surface area contributed by atoms with Crippen molar-refractivity contribution in [1.29, 1.82) is 0 Å². The molecule has 0 spiro atoms. The van der Waals surface area contributed by atoms with E-state index in [1.54, 1.807) is 20.8 Å². The minimum absolute atomic E-state index is 0.129. The molecular weight excluding hydrogens is 413 g/mol. The summed E-state index contributed by atoms with van der Waals surface area (Å²) in [6.07, 6.45) is 2.34. The van der Waals surface area contributed by atoms with Crippen LogP contribution in [0.2, 0.25) is 0 Å². The molecule has 7 heteroatoms. The number of nitrogens with one attached hydrogen (secondary N) is 1. The zero-order valence-corrected chi connectivity index (χ0v) is 19.6. The third kappa shape index (κ3) is 7.80. The average molecular weight is 448 g/mol. The lowest BCUT2D eigenvalue weighted by Crippen LogP contribution is -2.47. The van der Waals surface area contributed by atoms with E-state index in [4.69, 9.17) is 13.8 Å². The third-order valence-corrected chi connectivity index (χ3v) is 7.75. The van der Waals surface area contributed by atoms with Crippen LogP contribution in [0.25, 0.3) is 0 Å². The molecule has 0 aliphatic rings. The van der Waals surface area contributed by atoms with Crippen molar-refractivity contribution in [2.45, 2.75) is 58.3 Å². The summed E-state index contributed by atoms with van der Waals surface area (Å²) in [6, 6.07) is 19.6. The number of hydrogen-bond acceptors (Lipinski definition) is 5. The first-order valence-corrected chi connectivity index (χ1v) is 12.4. The van der Waals surface area contributed by atoms with Crippen LogP contribution in [0.4, 0.5) is 4.79 Å². The van der Waals surface area contributed by atoms with Crippen LogP contribution in [0, 0.1) is 0 Å². The Labute approximate surface area is 185 Å². The lowest BCUT2D eigenvalue weighted by Gasteiger charge is -2.36. The first-order chi connectivity index (χ1) is 14.9. The summed E-state index contributed by atoms with van der Waals surface area (Å²) < 4.78 is 30.1. The van der Waals surface area contributed by atoms with Crippen LogP contribution in [-0.2, 0) is 31.4 Å². The van der Waals surface area contributed by atoms with Gasteiger partial charge in [0.1, 0.15) is 11.9 Å². The zero-order valence-electron chi connectivity index (χ0n) is 18.7. The summed E-state index contributed by atoms with van der Waals surface area (Å²) in [5, 5.41) is 1.61. The maximum absolute atomic E-state index is 13.6. The summed E-state index contributed by atoms with van der Waals surface area (Å²) >= 11 is 0. The van der Waals surface area contributed by atoms with Gasteiger partial charge in [-0.2, -0.15) is 0 Å². The molecule has 1 amide bonds. The molecule has 0 aliphatic heterocycles. The number of unbranched alkanes of at least 4 members (excludes halogenated alkanes) is 1. The average Bonchev–Trinajstić information content (AvgIpc) is 2.77. The number of rotatable bonds is 13. The van der Waals surface area contributed by atoms with E-state index in [1.807, 2.05) is 48.5 Å². The summed E-state index contributed by atoms with van der Waals surface area (Å²) in [5.74, 6) is 0. The Morgan fingerprint density at radius 3 is 2.00 bits per heavy atom. The van der Waals surface area contributed by atoms with Crippen molar-refractivity contribution in [2.24, 2.45) is 0 Å². The number of hydrogen-bond donors (Lipinski definition) is 1. The van der Waals surface area contributed by atoms with Crippen molar-refractivity contribution in [1.82, 2.24) is 5.32 Å². The standard InChI is InChI=1S/C24H34NO5P/c1-4-29-31(27,30-5-2)24(3,19-13-12-16-21-14-8-6-9-15-21)25-23(26)28-20-22-17-10-7-11-18-22/h6-11,14-15,17-18H,4-5,12-13,16,19-20H2,1-3H3,(H,25,26)/t24-/m0/s1. The van der Waals surface area contributed by atoms with Crippen molar-refractivity contribution < 1.29 is 23.1 Å². The van der Waals surface area contributed by atoms with Crippen LogP contribution in [0.3, 0.4) is 0 Å². The van der Waals surface area contributed by atoms with E-state index in [1.165, 1.54) is 5.56 Å². The Morgan fingerprint density at radius 2 is 1.45 bits per heavy atom. The largest absolute Gasteiger partial charge is 0.445 e. The SMILES string of the molecule is CCOP(=O)(OCC)[C@@](C)(CCCCc1ccccc1)NC(=O)OCc1ccccc1. The van der Waals surface area contributed by atoms with E-state index in [9.17, 15) is 9.36 Å². The summed E-state index contributed by atoms with van der Waals surface area (Å²) in [4.78, 5) is 12.6. The summed E-state index contributed by atoms with van der Waals surface area (Å²) in [6.45, 7) is 5.80. The second kappa shape index (κ2) is 12.7. The fourth-order valence-electron chi connectivity index (χ4n) is 3.35. The normalized spacial score (nSPS) is 13.4. The topological polar surface area (TPSA) is 73.9 Å². The van der Waals surface area contributed by atoms with Crippen molar-refractivity contribution >= 4 is 13.7 Å². The van der Waals surface area contributed by atoms with E-state index < -0.39 is 19.0 Å². The molecule has 2 rings (SSSR count). The maximum Gasteiger partial charge on any atom is 0.408 e. The second-order valence-corrected chi connectivity index (χ2v) is 9.98. The van der Waals surface area contributed by atoms with Crippen LogP contribution >= 0.6 is 7.60 Å². The summed E-state index contributed by atoms with van der Waals surface area (Å²) in [5.41, 5.74) is 2.12. The number of benzene rings is 2. The molecule has 0 bridgehead atoms. The predicted octanol–water partition coefficient (Wildman–Crippen LogP) is 6.31. The fraction of sp³-hybridized carbons (Fsp3) is 0.458. The molecule has 0 aliphatic carbocycles. The highest BCUT2D eigenvalue weighted by atomic mass is 31.2. The molecule has 0 fully saturated rings. The van der Waals surface area contributed by atoms with Gasteiger partial charge in [0, 0.05) is 0 Å². The molecular formula is C24H34NO5P. The first kappa shape index (κ1) is 25.1. The fourth-order valence-corrected chi connectivity index (χ4v) is 5.34. The Balaban J connectivity index is 2.04. The van der Waals surface area contributed by atoms with Gasteiger partial charge >= 0.3 is 13.7 Å². The van der Waals surface area contributed by atoms with Crippen molar-refractivity contribution in [3.8, 4) is 0 Å². The molecule has 0 radical (unpaired) electrons. The van der Waals surface area contributed by atoms with Gasteiger partial charge in [0.2, 0.25) is 0 Å². The molecule has 0 heterocycles. The summed E-state index contributed by atoms with van der Waals surface area (Å²) in [7, 11) is -3.61. The van der Waals surface area contributed by atoms with Crippen LogP contribution in [0.15, 0.2) is 60.7 Å². The van der Waals surface area contributed by atoms with Gasteiger partial charge in [-0.1, -0.05) is 67.1 Å². The van der Waals surface area contributed by atoms with Gasteiger partial charge in [0.15, 0.2) is 0 Å². The predicted molar refractivity (Wildman–Crippen MR) is 123 cm³/mol. The van der Waals surface area contributed by atoms with Gasteiger partial charge in [-0.15, -0.1) is 0 Å². The monoisotopic (exact) mass is 447 g/mol. The van der Waals surface area contributed by atoms with Gasteiger partial charge in [-0.05, 0) is 51.2 Å². The Hall–Kier alpha value is -2.14. The number of ether oxygens (including phenoxy) is 1. The van der Waals surface area contributed by atoms with Crippen molar-refractivity contribution in [3.63, 3.8) is 0 Å². The lowest BCUT2D eigenvalue weighted by molar-refractivity contribution is 0.125. The zero-order chi connectivity index (χ0) is 22.6. The Bertz CT molecular complexity index is 820. The highest BCUT2D eigenvalue weighted by Crippen LogP contribution is 2.60. The minimum Gasteiger partial charge on any atom is -0.445 e. The molecule has 6 nitrogen and oxygen atoms in total. The minimum atomic E-state index is -3.61. The van der Waals surface area contributed by atoms with Crippen LogP contribution in [0.5, 0.6) is 0 Å². The molecule has 170 valence electrons. The van der Waals surface area contributed by atoms with Gasteiger partial charge < -0.3 is 19.1 Å². The van der Waals surface area contributed by atoms with E-state index >= 15 is 0 Å². The maximum atomic E-state index is 13.6. The molecule has 0 aromatic heterocycles. The molecule has 1 N–H and O–H groups in total. The molecule has 0 saturated carbocycles. The number of alkyl carbamates (subject to hydrolysis) is 1. The number of carbonyl (C=O) groups is 1. The highest BCUT2D eigenvalue weighted by Gasteiger charge is 2.48. The van der Waals surface area contributed by atoms with E-state index in [0.29, 0.717) is 6.42 Å². The second-order valence-electron chi connectivity index (χ2n) is 7.49. The number of carbonyl (C=O) groups excluding carboxylic acids is 1. The lowest BCUT2D eigenvalue weighted by atomic mass is 10.0. The molecule has 0 unspecified atom stereocenters. The molecule has 2 aromatic carbocycles. The van der Waals surface area contributed by atoms with Crippen LogP contribution in [-0.4, -0.2) is 24.6 Å². The van der Waals surface area contributed by atoms with Crippen molar-refractivity contribution in [2.75, 3.05) is 13.2 Å². The van der Waals surface area contributed by atoms with E-state index in [0.717, 1.165) is 24.8 Å². The van der Waals surface area contributed by atoms with Crippen LogP contribution in [0.1, 0.15) is 51.2 Å². The number of amides is 1. The van der Waals surface area contributed by atoms with Gasteiger partial charge in [0.25, 0.3) is 0 Å². The molecule has 1 atom stereocenters. The number of aryl methyl sites for hydroxylation is 1. The quantitative estimate of drug-likeness (QED) is 0.288. The Morgan fingerprint density at radius 1 is 0.903 bits per heavy atom. The van der Waals surface area contributed by atoms with E-state index in [2.05, 4.69) is 17.4 Å². The smallest absolute Gasteiger partial charge is 0.408 e.